The van der Waals surface area contributed by atoms with Gasteiger partial charge in [-0.3, -0.25) is 0 Å². The Morgan fingerprint density at radius 3 is 2.91 bits per heavy atom. The molecule has 0 aliphatic carbocycles. The molecule has 2 heterocycles. The highest BCUT2D eigenvalue weighted by atomic mass is 15.1. The number of nitrogens with one attached hydrogen (secondary N) is 2. The van der Waals surface area contributed by atoms with Crippen molar-refractivity contribution in [3.63, 3.8) is 0 Å². The molecule has 0 fully saturated rings. The molecule has 0 saturated carbocycles. The molecule has 2 rings (SSSR count). The van der Waals surface area contributed by atoms with Gasteiger partial charge in [-0.25, -0.2) is 4.99 Å². The summed E-state index contributed by atoms with van der Waals surface area (Å²) < 4.78 is 0. The molecular formula is C18H28N4. The van der Waals surface area contributed by atoms with Gasteiger partial charge in [0.25, 0.3) is 0 Å². The Bertz CT molecular complexity index is 549. The molecule has 0 amide bonds. The predicted octanol–water partition coefficient (Wildman–Crippen LogP) is 2.94. The number of hydrogen-bond donors (Lipinski definition) is 2. The number of allylic oxidation sites excluding steroid dienone is 4. The SMILES string of the molecule is CCCC1=C(C)C=C(CN/C=C2\CC=CN=C2NC)CN1C. The number of hydrogen-bond acceptors (Lipinski definition) is 4. The van der Waals surface area contributed by atoms with E-state index in [1.807, 2.05) is 13.2 Å². The van der Waals surface area contributed by atoms with Gasteiger partial charge in [-0.1, -0.05) is 25.5 Å². The first kappa shape index (κ1) is 16.4. The van der Waals surface area contributed by atoms with E-state index in [9.17, 15) is 0 Å². The Morgan fingerprint density at radius 2 is 2.23 bits per heavy atom. The molecule has 0 bridgehead atoms. The Balaban J connectivity index is 1.97. The molecule has 4 nitrogen and oxygen atoms in total. The zero-order valence-corrected chi connectivity index (χ0v) is 14.2. The third-order valence-electron chi connectivity index (χ3n) is 4.06. The second-order valence-corrected chi connectivity index (χ2v) is 5.91. The van der Waals surface area contributed by atoms with Gasteiger partial charge < -0.3 is 15.5 Å². The van der Waals surface area contributed by atoms with E-state index in [1.165, 1.54) is 28.8 Å². The summed E-state index contributed by atoms with van der Waals surface area (Å²) in [6.07, 6.45) is 11.6. The summed E-state index contributed by atoms with van der Waals surface area (Å²) in [6, 6.07) is 0. The number of rotatable bonds is 5. The smallest absolute Gasteiger partial charge is 0.130 e. The van der Waals surface area contributed by atoms with Crippen molar-refractivity contribution in [1.82, 2.24) is 15.5 Å². The van der Waals surface area contributed by atoms with Crippen LogP contribution in [-0.4, -0.2) is 37.9 Å². The lowest BCUT2D eigenvalue weighted by Crippen LogP contribution is -2.29. The zero-order valence-electron chi connectivity index (χ0n) is 14.2. The molecule has 0 aromatic rings. The summed E-state index contributed by atoms with van der Waals surface area (Å²) in [5.74, 6) is 0.950. The van der Waals surface area contributed by atoms with Gasteiger partial charge in [-0.05, 0) is 30.9 Å². The largest absolute Gasteiger partial charge is 0.387 e. The second kappa shape index (κ2) is 7.87. The fourth-order valence-corrected chi connectivity index (χ4v) is 3.01. The maximum atomic E-state index is 4.34. The minimum absolute atomic E-state index is 0.880. The van der Waals surface area contributed by atoms with Crippen LogP contribution in [0.3, 0.4) is 0 Å². The molecule has 2 N–H and O–H groups in total. The molecule has 0 radical (unpaired) electrons. The summed E-state index contributed by atoms with van der Waals surface area (Å²) >= 11 is 0. The average Bonchev–Trinajstić information content (AvgIpc) is 2.51. The minimum Gasteiger partial charge on any atom is -0.387 e. The maximum Gasteiger partial charge on any atom is 0.130 e. The van der Waals surface area contributed by atoms with Crippen LogP contribution in [0.4, 0.5) is 0 Å². The van der Waals surface area contributed by atoms with Crippen LogP contribution in [0, 0.1) is 0 Å². The molecule has 2 aliphatic heterocycles. The number of likely N-dealkylation sites (N-methyl/N-ethyl adjacent to an activating group) is 2. The van der Waals surface area contributed by atoms with Gasteiger partial charge in [0.1, 0.15) is 5.84 Å². The first-order valence-electron chi connectivity index (χ1n) is 8.09. The molecule has 22 heavy (non-hydrogen) atoms. The lowest BCUT2D eigenvalue weighted by molar-refractivity contribution is 0.416. The quantitative estimate of drug-likeness (QED) is 0.820. The topological polar surface area (TPSA) is 39.7 Å². The van der Waals surface area contributed by atoms with E-state index >= 15 is 0 Å². The monoisotopic (exact) mass is 300 g/mol. The zero-order chi connectivity index (χ0) is 15.9. The van der Waals surface area contributed by atoms with Gasteiger partial charge in [0.2, 0.25) is 0 Å². The van der Waals surface area contributed by atoms with Crippen LogP contribution in [0.25, 0.3) is 0 Å². The Morgan fingerprint density at radius 1 is 1.41 bits per heavy atom. The summed E-state index contributed by atoms with van der Waals surface area (Å²) in [5.41, 5.74) is 5.50. The van der Waals surface area contributed by atoms with Gasteiger partial charge in [0.15, 0.2) is 0 Å². The van der Waals surface area contributed by atoms with Crippen LogP contribution >= 0.6 is 0 Å². The van der Waals surface area contributed by atoms with E-state index in [2.05, 4.69) is 59.8 Å². The van der Waals surface area contributed by atoms with E-state index in [-0.39, 0.29) is 0 Å². The van der Waals surface area contributed by atoms with E-state index in [1.54, 1.807) is 0 Å². The normalized spacial score (nSPS) is 20.2. The minimum atomic E-state index is 0.880. The summed E-state index contributed by atoms with van der Waals surface area (Å²) in [6.45, 7) is 6.35. The van der Waals surface area contributed by atoms with Crippen molar-refractivity contribution in [3.8, 4) is 0 Å². The second-order valence-electron chi connectivity index (χ2n) is 5.91. The van der Waals surface area contributed by atoms with Crippen molar-refractivity contribution in [2.24, 2.45) is 4.99 Å². The third kappa shape index (κ3) is 4.03. The van der Waals surface area contributed by atoms with Crippen LogP contribution < -0.4 is 10.6 Å². The van der Waals surface area contributed by atoms with Gasteiger partial charge in [0.05, 0.1) is 0 Å². The fourth-order valence-electron chi connectivity index (χ4n) is 3.01. The predicted molar refractivity (Wildman–Crippen MR) is 94.7 cm³/mol. The molecule has 4 heteroatoms. The first-order chi connectivity index (χ1) is 10.7. The van der Waals surface area contributed by atoms with E-state index < -0.39 is 0 Å². The molecule has 2 aliphatic rings. The molecule has 0 aromatic heterocycles. The van der Waals surface area contributed by atoms with Gasteiger partial charge in [-0.2, -0.15) is 0 Å². The highest BCUT2D eigenvalue weighted by Gasteiger charge is 2.14. The standard InChI is InChI=1S/C18H28N4/c1-5-7-17-14(2)10-15(13-22(17)4)11-20-12-16-8-6-9-21-18(16)19-3/h6,9-10,12,20H,5,7-8,11,13H2,1-4H3,(H,19,21)/b16-12+. The number of nitrogens with zero attached hydrogens (tertiary/aromatic N) is 2. The third-order valence-corrected chi connectivity index (χ3v) is 4.06. The summed E-state index contributed by atoms with van der Waals surface area (Å²) in [5, 5.41) is 6.58. The van der Waals surface area contributed by atoms with Crippen LogP contribution in [0.1, 0.15) is 33.1 Å². The molecule has 0 unspecified atom stereocenters. The Hall–Kier alpha value is -1.97. The van der Waals surface area contributed by atoms with Crippen molar-refractivity contribution < 1.29 is 0 Å². The van der Waals surface area contributed by atoms with Gasteiger partial charge in [-0.15, -0.1) is 0 Å². The molecule has 0 aromatic carbocycles. The molecule has 0 saturated heterocycles. The first-order valence-corrected chi connectivity index (χ1v) is 8.09. The van der Waals surface area contributed by atoms with Gasteiger partial charge in [0, 0.05) is 50.9 Å². The molecule has 120 valence electrons. The molecule has 0 spiro atoms. The lowest BCUT2D eigenvalue weighted by Gasteiger charge is -2.30. The van der Waals surface area contributed by atoms with Crippen molar-refractivity contribution in [2.75, 3.05) is 27.2 Å². The van der Waals surface area contributed by atoms with Crippen LogP contribution in [0.2, 0.25) is 0 Å². The van der Waals surface area contributed by atoms with Crippen molar-refractivity contribution in [3.05, 3.63) is 47.0 Å². The number of amidine groups is 1. The lowest BCUT2D eigenvalue weighted by atomic mass is 10.0. The van der Waals surface area contributed by atoms with E-state index in [4.69, 9.17) is 0 Å². The Kier molecular flexibility index (Phi) is 5.87. The number of aliphatic imine (C=N–C) groups is 1. The molecular weight excluding hydrogens is 272 g/mol. The van der Waals surface area contributed by atoms with Crippen LogP contribution in [0.5, 0.6) is 0 Å². The Labute approximate surface area is 134 Å². The van der Waals surface area contributed by atoms with Crippen molar-refractivity contribution in [2.45, 2.75) is 33.1 Å². The highest BCUT2D eigenvalue weighted by molar-refractivity contribution is 5.99. The fraction of sp³-hybridized carbons (Fsp3) is 0.500. The van der Waals surface area contributed by atoms with Crippen LogP contribution in [-0.2, 0) is 0 Å². The van der Waals surface area contributed by atoms with E-state index in [0.717, 1.165) is 31.8 Å². The maximum absolute atomic E-state index is 4.34. The van der Waals surface area contributed by atoms with Crippen molar-refractivity contribution >= 4 is 5.84 Å². The van der Waals surface area contributed by atoms with Crippen molar-refractivity contribution in [1.29, 1.82) is 0 Å². The summed E-state index contributed by atoms with van der Waals surface area (Å²) in [4.78, 5) is 6.72. The van der Waals surface area contributed by atoms with Gasteiger partial charge >= 0.3 is 0 Å². The highest BCUT2D eigenvalue weighted by Crippen LogP contribution is 2.22. The van der Waals surface area contributed by atoms with Crippen LogP contribution in [0.15, 0.2) is 52.0 Å². The molecule has 0 atom stereocenters. The summed E-state index contributed by atoms with van der Waals surface area (Å²) in [7, 11) is 4.10. The average molecular weight is 300 g/mol. The van der Waals surface area contributed by atoms with E-state index in [0.29, 0.717) is 0 Å².